The lowest BCUT2D eigenvalue weighted by Crippen LogP contribution is -2.40. The molecule has 2 nitrogen and oxygen atoms in total. The molecule has 0 saturated carbocycles. The first kappa shape index (κ1) is 18.0. The van der Waals surface area contributed by atoms with Crippen LogP contribution in [0.2, 0.25) is 0 Å². The molecule has 2 unspecified atom stereocenters. The van der Waals surface area contributed by atoms with E-state index in [4.69, 9.17) is 9.47 Å². The number of fused-ring (bicyclic) bond motifs is 4. The zero-order valence-corrected chi connectivity index (χ0v) is 16.2. The van der Waals surface area contributed by atoms with E-state index in [1.54, 1.807) is 14.2 Å². The smallest absolute Gasteiger partial charge is 0.270 e. The van der Waals surface area contributed by atoms with Gasteiger partial charge in [-0.05, 0) is 63.9 Å². The van der Waals surface area contributed by atoms with Crippen molar-refractivity contribution in [2.75, 3.05) is 14.2 Å². The van der Waals surface area contributed by atoms with E-state index in [9.17, 15) is 8.78 Å². The number of hydrogen-bond acceptors (Lipinski definition) is 2. The third-order valence-corrected chi connectivity index (χ3v) is 6.81. The molecule has 2 aromatic carbocycles. The van der Waals surface area contributed by atoms with Gasteiger partial charge in [-0.1, -0.05) is 26.0 Å². The van der Waals surface area contributed by atoms with Gasteiger partial charge in [0.1, 0.15) is 5.75 Å². The van der Waals surface area contributed by atoms with Gasteiger partial charge < -0.3 is 9.47 Å². The maximum Gasteiger partial charge on any atom is 0.270 e. The third kappa shape index (κ3) is 2.57. The molecule has 27 heavy (non-hydrogen) atoms. The Hall–Kier alpha value is -2.36. The summed E-state index contributed by atoms with van der Waals surface area (Å²) in [6.45, 7) is 4.51. The van der Waals surface area contributed by atoms with E-state index in [2.05, 4.69) is 26.0 Å². The van der Waals surface area contributed by atoms with Gasteiger partial charge in [-0.25, -0.2) is 0 Å². The van der Waals surface area contributed by atoms with Gasteiger partial charge in [0.15, 0.2) is 0 Å². The second kappa shape index (κ2) is 6.08. The van der Waals surface area contributed by atoms with Gasteiger partial charge in [0.2, 0.25) is 0 Å². The quantitative estimate of drug-likeness (QED) is 0.638. The topological polar surface area (TPSA) is 18.5 Å². The van der Waals surface area contributed by atoms with Crippen LogP contribution in [0.15, 0.2) is 42.2 Å². The molecule has 2 atom stereocenters. The lowest BCUT2D eigenvalue weighted by molar-refractivity contribution is 0.121. The summed E-state index contributed by atoms with van der Waals surface area (Å²) >= 11 is 0. The molecular formula is C23H24F2O2. The van der Waals surface area contributed by atoms with E-state index < -0.39 is 6.08 Å². The standard InChI is InChI=1S/C23H24F2O2/c1-22-12-16(27-4)7-8-23(22,2)20-9-14-5-6-15(26-3)10-17(14)18(11-21(24)25)19(20)13-22/h5-7,9-11H,8,12-13H2,1-4H3. The van der Waals surface area contributed by atoms with Crippen molar-refractivity contribution in [2.24, 2.45) is 5.41 Å². The zero-order valence-electron chi connectivity index (χ0n) is 16.2. The van der Waals surface area contributed by atoms with Gasteiger partial charge in [0, 0.05) is 17.9 Å². The largest absolute Gasteiger partial charge is 0.501 e. The Morgan fingerprint density at radius 2 is 1.85 bits per heavy atom. The minimum Gasteiger partial charge on any atom is -0.501 e. The second-order valence-corrected chi connectivity index (χ2v) is 8.16. The van der Waals surface area contributed by atoms with Crippen molar-refractivity contribution in [1.82, 2.24) is 0 Å². The number of methoxy groups -OCH3 is 2. The number of allylic oxidation sites excluding steroid dienone is 2. The molecule has 4 rings (SSSR count). The van der Waals surface area contributed by atoms with Crippen molar-refractivity contribution < 1.29 is 18.3 Å². The molecule has 4 heteroatoms. The van der Waals surface area contributed by atoms with E-state index in [1.165, 1.54) is 5.56 Å². The molecule has 2 aliphatic rings. The summed E-state index contributed by atoms with van der Waals surface area (Å²) in [7, 11) is 3.29. The summed E-state index contributed by atoms with van der Waals surface area (Å²) in [5, 5.41) is 1.78. The highest BCUT2D eigenvalue weighted by Gasteiger charge is 2.54. The first-order valence-electron chi connectivity index (χ1n) is 9.21. The molecule has 0 heterocycles. The van der Waals surface area contributed by atoms with Gasteiger partial charge in [-0.2, -0.15) is 8.78 Å². The average Bonchev–Trinajstić information content (AvgIpc) is 2.87. The minimum atomic E-state index is -1.67. The lowest BCUT2D eigenvalue weighted by atomic mass is 9.60. The molecule has 0 spiro atoms. The monoisotopic (exact) mass is 370 g/mol. The van der Waals surface area contributed by atoms with Crippen LogP contribution < -0.4 is 4.74 Å². The van der Waals surface area contributed by atoms with E-state index in [0.29, 0.717) is 11.3 Å². The Morgan fingerprint density at radius 3 is 2.52 bits per heavy atom. The maximum atomic E-state index is 13.4. The summed E-state index contributed by atoms with van der Waals surface area (Å²) in [6.07, 6.45) is 3.92. The van der Waals surface area contributed by atoms with Crippen LogP contribution in [0.4, 0.5) is 8.78 Å². The minimum absolute atomic E-state index is 0.0632. The highest BCUT2D eigenvalue weighted by atomic mass is 19.3. The summed E-state index contributed by atoms with van der Waals surface area (Å²) in [5.41, 5.74) is 2.67. The fourth-order valence-corrected chi connectivity index (χ4v) is 4.98. The number of rotatable bonds is 3. The highest BCUT2D eigenvalue weighted by molar-refractivity contribution is 5.95. The maximum absolute atomic E-state index is 13.4. The van der Waals surface area contributed by atoms with Crippen LogP contribution in [0.3, 0.4) is 0 Å². The molecule has 0 radical (unpaired) electrons. The zero-order chi connectivity index (χ0) is 19.4. The van der Waals surface area contributed by atoms with E-state index in [1.807, 2.05) is 18.2 Å². The molecule has 2 aliphatic carbocycles. The van der Waals surface area contributed by atoms with Gasteiger partial charge in [-0.15, -0.1) is 0 Å². The molecule has 2 aromatic rings. The van der Waals surface area contributed by atoms with E-state index >= 15 is 0 Å². The molecule has 0 saturated heterocycles. The van der Waals surface area contributed by atoms with E-state index in [-0.39, 0.29) is 10.8 Å². The van der Waals surface area contributed by atoms with Gasteiger partial charge in [0.05, 0.1) is 20.0 Å². The molecule has 142 valence electrons. The third-order valence-electron chi connectivity index (χ3n) is 6.81. The molecule has 0 aromatic heterocycles. The predicted molar refractivity (Wildman–Crippen MR) is 104 cm³/mol. The van der Waals surface area contributed by atoms with Crippen LogP contribution in [0.5, 0.6) is 5.75 Å². The first-order chi connectivity index (χ1) is 12.8. The Balaban J connectivity index is 2.01. The summed E-state index contributed by atoms with van der Waals surface area (Å²) in [4.78, 5) is 0. The van der Waals surface area contributed by atoms with Crippen LogP contribution in [-0.4, -0.2) is 14.2 Å². The Bertz CT molecular complexity index is 988. The van der Waals surface area contributed by atoms with Gasteiger partial charge in [0.25, 0.3) is 6.08 Å². The average molecular weight is 370 g/mol. The van der Waals surface area contributed by atoms with Crippen molar-refractivity contribution in [3.05, 3.63) is 58.9 Å². The fraction of sp³-hybridized carbons (Fsp3) is 0.391. The van der Waals surface area contributed by atoms with Crippen molar-refractivity contribution in [3.63, 3.8) is 0 Å². The van der Waals surface area contributed by atoms with Crippen molar-refractivity contribution >= 4 is 16.8 Å². The van der Waals surface area contributed by atoms with Crippen molar-refractivity contribution in [3.8, 4) is 5.75 Å². The molecule has 0 amide bonds. The number of hydrogen-bond donors (Lipinski definition) is 0. The van der Waals surface area contributed by atoms with Crippen LogP contribution in [0.1, 0.15) is 43.4 Å². The van der Waals surface area contributed by atoms with Crippen LogP contribution in [0, 0.1) is 5.41 Å². The van der Waals surface area contributed by atoms with Gasteiger partial charge >= 0.3 is 0 Å². The van der Waals surface area contributed by atoms with Gasteiger partial charge in [-0.3, -0.25) is 0 Å². The van der Waals surface area contributed by atoms with Crippen LogP contribution in [-0.2, 0) is 16.6 Å². The SMILES string of the molecule is COC1=CCC2(C)c3cc4ccc(OC)cc4c(C=C(F)F)c3CC2(C)C1. The Kier molecular flexibility index (Phi) is 4.06. The predicted octanol–water partition coefficient (Wildman–Crippen LogP) is 6.23. The Labute approximate surface area is 158 Å². The molecule has 0 bridgehead atoms. The molecule has 0 aliphatic heterocycles. The van der Waals surface area contributed by atoms with Crippen LogP contribution >= 0.6 is 0 Å². The lowest BCUT2D eigenvalue weighted by Gasteiger charge is -2.44. The van der Waals surface area contributed by atoms with Crippen LogP contribution in [0.25, 0.3) is 16.8 Å². The summed E-state index contributed by atoms with van der Waals surface area (Å²) < 4.78 is 37.6. The number of halogens is 2. The molecule has 0 fully saturated rings. The van der Waals surface area contributed by atoms with Crippen molar-refractivity contribution in [2.45, 2.75) is 38.5 Å². The normalized spacial score (nSPS) is 26.2. The first-order valence-corrected chi connectivity index (χ1v) is 9.21. The second-order valence-electron chi connectivity index (χ2n) is 8.16. The van der Waals surface area contributed by atoms with E-state index in [0.717, 1.165) is 47.4 Å². The Morgan fingerprint density at radius 1 is 1.07 bits per heavy atom. The fourth-order valence-electron chi connectivity index (χ4n) is 4.98. The molecule has 0 N–H and O–H groups in total. The summed E-state index contributed by atoms with van der Waals surface area (Å²) in [6, 6.07) is 7.89. The number of ether oxygens (including phenoxy) is 2. The number of benzene rings is 2. The summed E-state index contributed by atoms with van der Waals surface area (Å²) in [5.74, 6) is 1.66. The molecular weight excluding hydrogens is 346 g/mol. The highest BCUT2D eigenvalue weighted by Crippen LogP contribution is 2.60. The van der Waals surface area contributed by atoms with Crippen molar-refractivity contribution in [1.29, 1.82) is 0 Å².